The van der Waals surface area contributed by atoms with Crippen LogP contribution in [-0.2, 0) is 0 Å². The average Bonchev–Trinajstić information content (AvgIpc) is 2.97. The lowest BCUT2D eigenvalue weighted by atomic mass is 9.81. The largest absolute Gasteiger partial charge is 0.481 e. The minimum Gasteiger partial charge on any atom is -0.481 e. The Labute approximate surface area is 82.7 Å². The van der Waals surface area contributed by atoms with E-state index in [1.54, 1.807) is 19.4 Å². The normalized spacial score (nSPS) is 24.5. The van der Waals surface area contributed by atoms with E-state index in [0.717, 1.165) is 12.0 Å². The molecule has 0 aliphatic heterocycles. The van der Waals surface area contributed by atoms with Gasteiger partial charge in [-0.05, 0) is 17.9 Å². The van der Waals surface area contributed by atoms with Gasteiger partial charge in [-0.15, -0.1) is 0 Å². The summed E-state index contributed by atoms with van der Waals surface area (Å²) in [7, 11) is 0.362. The summed E-state index contributed by atoms with van der Waals surface area (Å²) in [4.78, 5) is 4.07. The summed E-state index contributed by atoms with van der Waals surface area (Å²) in [5, 5.41) is 17.9. The van der Waals surface area contributed by atoms with Crippen molar-refractivity contribution in [1.29, 1.82) is 0 Å². The fourth-order valence-electron chi connectivity index (χ4n) is 1.66. The van der Waals surface area contributed by atoms with E-state index in [1.165, 1.54) is 0 Å². The molecule has 2 rings (SSSR count). The van der Waals surface area contributed by atoms with Gasteiger partial charge in [0, 0.05) is 18.1 Å². The van der Waals surface area contributed by atoms with Crippen LogP contribution in [0.25, 0.3) is 0 Å². The van der Waals surface area contributed by atoms with Gasteiger partial charge in [0.05, 0.1) is 7.11 Å². The third-order valence-electron chi connectivity index (χ3n) is 2.62. The van der Waals surface area contributed by atoms with Gasteiger partial charge in [0.2, 0.25) is 5.88 Å². The minimum absolute atomic E-state index is 0.0230. The molecule has 1 saturated carbocycles. The maximum atomic E-state index is 8.94. The predicted octanol–water partition coefficient (Wildman–Crippen LogP) is 0.420. The van der Waals surface area contributed by atoms with Gasteiger partial charge in [-0.3, -0.25) is 0 Å². The topological polar surface area (TPSA) is 62.6 Å². The van der Waals surface area contributed by atoms with Crippen molar-refractivity contribution < 1.29 is 14.8 Å². The molecular formula is C9H12BNO3. The lowest BCUT2D eigenvalue weighted by molar-refractivity contribution is 0.397. The van der Waals surface area contributed by atoms with Crippen LogP contribution in [0.5, 0.6) is 5.88 Å². The molecule has 4 nitrogen and oxygen atoms in total. The third-order valence-corrected chi connectivity index (χ3v) is 2.62. The highest BCUT2D eigenvalue weighted by Crippen LogP contribution is 2.53. The van der Waals surface area contributed by atoms with Gasteiger partial charge in [-0.2, -0.15) is 0 Å². The number of ether oxygens (including phenoxy) is 1. The molecule has 2 unspecified atom stereocenters. The Morgan fingerprint density at radius 1 is 1.50 bits per heavy atom. The molecule has 1 aliphatic carbocycles. The Morgan fingerprint density at radius 2 is 2.29 bits per heavy atom. The Kier molecular flexibility index (Phi) is 2.43. The van der Waals surface area contributed by atoms with E-state index in [0.29, 0.717) is 5.88 Å². The van der Waals surface area contributed by atoms with Gasteiger partial charge in [0.1, 0.15) is 0 Å². The molecule has 0 amide bonds. The molecule has 2 atom stereocenters. The fraction of sp³-hybridized carbons (Fsp3) is 0.444. The number of aromatic nitrogens is 1. The molecule has 0 bridgehead atoms. The molecule has 0 saturated heterocycles. The zero-order chi connectivity index (χ0) is 10.1. The first-order valence-electron chi connectivity index (χ1n) is 4.58. The van der Waals surface area contributed by atoms with Crippen LogP contribution in [0.3, 0.4) is 0 Å². The molecule has 1 aliphatic rings. The molecule has 1 aromatic rings. The Bertz CT molecular complexity index is 314. The second kappa shape index (κ2) is 3.59. The maximum absolute atomic E-state index is 8.94. The van der Waals surface area contributed by atoms with Gasteiger partial charge in [-0.1, -0.05) is 6.07 Å². The van der Waals surface area contributed by atoms with Crippen LogP contribution in [0, 0.1) is 0 Å². The molecular weight excluding hydrogens is 181 g/mol. The van der Waals surface area contributed by atoms with Crippen molar-refractivity contribution in [2.75, 3.05) is 7.11 Å². The summed E-state index contributed by atoms with van der Waals surface area (Å²) in [5.74, 6) is 0.800. The van der Waals surface area contributed by atoms with Crippen LogP contribution in [0.15, 0.2) is 18.3 Å². The van der Waals surface area contributed by atoms with Crippen LogP contribution >= 0.6 is 0 Å². The number of nitrogens with zero attached hydrogens (tertiary/aromatic N) is 1. The number of pyridine rings is 1. The van der Waals surface area contributed by atoms with Gasteiger partial charge in [0.15, 0.2) is 0 Å². The maximum Gasteiger partial charge on any atom is 0.455 e. The molecule has 1 aromatic heterocycles. The standard InChI is InChI=1S/C9H12BNO3/c1-14-9-3-2-6(5-11-9)7-4-8(7)10(12)13/h2-3,5,7-8,12-13H,4H2,1H3. The van der Waals surface area contributed by atoms with Crippen molar-refractivity contribution in [1.82, 2.24) is 4.98 Å². The van der Waals surface area contributed by atoms with Crippen molar-refractivity contribution >= 4 is 7.12 Å². The highest BCUT2D eigenvalue weighted by molar-refractivity contribution is 6.44. The average molecular weight is 193 g/mol. The number of methoxy groups -OCH3 is 1. The molecule has 0 radical (unpaired) electrons. The first-order chi connectivity index (χ1) is 6.72. The van der Waals surface area contributed by atoms with Crippen LogP contribution in [0.4, 0.5) is 0 Å². The van der Waals surface area contributed by atoms with E-state index < -0.39 is 7.12 Å². The molecule has 14 heavy (non-hydrogen) atoms. The smallest absolute Gasteiger partial charge is 0.455 e. The van der Waals surface area contributed by atoms with Gasteiger partial charge in [0.25, 0.3) is 0 Å². The molecule has 2 N–H and O–H groups in total. The van der Waals surface area contributed by atoms with Gasteiger partial charge < -0.3 is 14.8 Å². The third kappa shape index (κ3) is 1.74. The summed E-state index contributed by atoms with van der Waals surface area (Å²) in [6, 6.07) is 3.70. The highest BCUT2D eigenvalue weighted by Gasteiger charge is 2.46. The number of rotatable bonds is 3. The SMILES string of the molecule is COc1ccc(C2CC2B(O)O)cn1. The summed E-state index contributed by atoms with van der Waals surface area (Å²) in [6.07, 6.45) is 2.55. The molecule has 1 fully saturated rings. The van der Waals surface area contributed by atoms with E-state index >= 15 is 0 Å². The predicted molar refractivity (Wildman–Crippen MR) is 52.1 cm³/mol. The summed E-state index contributed by atoms with van der Waals surface area (Å²) in [6.45, 7) is 0. The molecule has 0 spiro atoms. The Hall–Kier alpha value is -1.07. The lowest BCUT2D eigenvalue weighted by Gasteiger charge is -2.01. The van der Waals surface area contributed by atoms with Crippen LogP contribution < -0.4 is 4.74 Å². The van der Waals surface area contributed by atoms with Crippen LogP contribution in [0.2, 0.25) is 5.82 Å². The van der Waals surface area contributed by atoms with Crippen molar-refractivity contribution in [2.24, 2.45) is 0 Å². The summed E-state index contributed by atoms with van der Waals surface area (Å²) >= 11 is 0. The zero-order valence-electron chi connectivity index (χ0n) is 7.92. The first kappa shape index (κ1) is 9.49. The Balaban J connectivity index is 2.05. The second-order valence-electron chi connectivity index (χ2n) is 3.55. The van der Waals surface area contributed by atoms with E-state index in [-0.39, 0.29) is 11.7 Å². The molecule has 1 heterocycles. The minimum atomic E-state index is -1.21. The van der Waals surface area contributed by atoms with Gasteiger partial charge in [-0.25, -0.2) is 4.98 Å². The first-order valence-corrected chi connectivity index (χ1v) is 4.58. The fourth-order valence-corrected chi connectivity index (χ4v) is 1.66. The van der Waals surface area contributed by atoms with Crippen molar-refractivity contribution in [2.45, 2.75) is 18.2 Å². The van der Waals surface area contributed by atoms with Crippen molar-refractivity contribution in [3.8, 4) is 5.88 Å². The molecule has 5 heteroatoms. The van der Waals surface area contributed by atoms with E-state index in [4.69, 9.17) is 14.8 Å². The second-order valence-corrected chi connectivity index (χ2v) is 3.55. The van der Waals surface area contributed by atoms with E-state index in [1.807, 2.05) is 6.07 Å². The molecule has 0 aromatic carbocycles. The summed E-state index contributed by atoms with van der Waals surface area (Å²) in [5.41, 5.74) is 1.05. The van der Waals surface area contributed by atoms with Crippen LogP contribution in [0.1, 0.15) is 17.9 Å². The Morgan fingerprint density at radius 3 is 2.71 bits per heavy atom. The summed E-state index contributed by atoms with van der Waals surface area (Å²) < 4.78 is 4.93. The van der Waals surface area contributed by atoms with Crippen LogP contribution in [-0.4, -0.2) is 29.3 Å². The number of hydrogen-bond acceptors (Lipinski definition) is 4. The van der Waals surface area contributed by atoms with Gasteiger partial charge >= 0.3 is 7.12 Å². The monoisotopic (exact) mass is 193 g/mol. The van der Waals surface area contributed by atoms with Crippen molar-refractivity contribution in [3.05, 3.63) is 23.9 Å². The lowest BCUT2D eigenvalue weighted by Crippen LogP contribution is -2.11. The van der Waals surface area contributed by atoms with Crippen molar-refractivity contribution in [3.63, 3.8) is 0 Å². The quantitative estimate of drug-likeness (QED) is 0.683. The zero-order valence-corrected chi connectivity index (χ0v) is 7.92. The molecule has 74 valence electrons. The number of hydrogen-bond donors (Lipinski definition) is 2. The van der Waals surface area contributed by atoms with E-state index in [9.17, 15) is 0 Å². The highest BCUT2D eigenvalue weighted by atomic mass is 16.5. The van der Waals surface area contributed by atoms with E-state index in [2.05, 4.69) is 4.98 Å².